The molecular formula is C18H16N6O4S. The van der Waals surface area contributed by atoms with Crippen LogP contribution in [-0.2, 0) is 4.79 Å². The van der Waals surface area contributed by atoms with Gasteiger partial charge in [-0.2, -0.15) is 9.61 Å². The number of aromatic amines is 2. The predicted octanol–water partition coefficient (Wildman–Crippen LogP) is 0.209. The number of rotatable bonds is 4. The first-order chi connectivity index (χ1) is 14.0. The van der Waals surface area contributed by atoms with E-state index in [0.717, 1.165) is 18.5 Å². The van der Waals surface area contributed by atoms with Crippen LogP contribution in [0, 0.1) is 0 Å². The van der Waals surface area contributed by atoms with Crippen molar-refractivity contribution in [2.45, 2.75) is 30.6 Å². The summed E-state index contributed by atoms with van der Waals surface area (Å²) < 4.78 is 1.63. The molecule has 10 nitrogen and oxygen atoms in total. The van der Waals surface area contributed by atoms with Gasteiger partial charge in [-0.15, -0.1) is 11.8 Å². The number of H-pyrrole nitrogens is 2. The largest absolute Gasteiger partial charge is 0.493 e. The zero-order chi connectivity index (χ0) is 20.1. The van der Waals surface area contributed by atoms with Gasteiger partial charge in [0.25, 0.3) is 0 Å². The van der Waals surface area contributed by atoms with Crippen molar-refractivity contribution in [3.63, 3.8) is 0 Å². The van der Waals surface area contributed by atoms with E-state index in [1.54, 1.807) is 22.9 Å². The van der Waals surface area contributed by atoms with E-state index in [9.17, 15) is 19.8 Å². The highest BCUT2D eigenvalue weighted by atomic mass is 32.2. The van der Waals surface area contributed by atoms with Gasteiger partial charge in [0, 0.05) is 11.3 Å². The number of hydrogen-bond donors (Lipinski definition) is 4. The van der Waals surface area contributed by atoms with E-state index in [2.05, 4.69) is 15.1 Å². The summed E-state index contributed by atoms with van der Waals surface area (Å²) in [6, 6.07) is 2.12. The molecule has 0 saturated heterocycles. The quantitative estimate of drug-likeness (QED) is 0.478. The maximum Gasteiger partial charge on any atom is 0.341 e. The molecule has 3 aromatic heterocycles. The first-order valence-electron chi connectivity index (χ1n) is 9.03. The molecule has 1 aliphatic heterocycles. The molecule has 4 N–H and O–H groups in total. The summed E-state index contributed by atoms with van der Waals surface area (Å²) in [6.45, 7) is 0. The van der Waals surface area contributed by atoms with Crippen LogP contribution in [0.4, 0.5) is 0 Å². The SMILES string of the molecule is O=C(O)C1=CCC(c2cc(=NC3CC3)n3ncc(=Cc4[nH]c(=O)[nH]c4O)c3n2)S1. The van der Waals surface area contributed by atoms with Crippen LogP contribution < -0.4 is 16.4 Å². The lowest BCUT2D eigenvalue weighted by molar-refractivity contribution is -0.131. The van der Waals surface area contributed by atoms with Crippen molar-refractivity contribution >= 4 is 29.5 Å². The second kappa shape index (κ2) is 6.62. The van der Waals surface area contributed by atoms with Crippen molar-refractivity contribution in [1.29, 1.82) is 0 Å². The first-order valence-corrected chi connectivity index (χ1v) is 9.91. The number of carbonyl (C=O) groups is 1. The van der Waals surface area contributed by atoms with Crippen molar-refractivity contribution in [2.75, 3.05) is 0 Å². The molecule has 0 bridgehead atoms. The van der Waals surface area contributed by atoms with E-state index in [-0.39, 0.29) is 22.9 Å². The van der Waals surface area contributed by atoms with E-state index >= 15 is 0 Å². The Labute approximate surface area is 166 Å². The van der Waals surface area contributed by atoms with Gasteiger partial charge in [-0.25, -0.2) is 14.6 Å². The van der Waals surface area contributed by atoms with Gasteiger partial charge in [0.05, 0.1) is 28.1 Å². The van der Waals surface area contributed by atoms with Crippen molar-refractivity contribution in [2.24, 2.45) is 4.99 Å². The molecule has 11 heteroatoms. The van der Waals surface area contributed by atoms with Crippen LogP contribution >= 0.6 is 11.8 Å². The normalized spacial score (nSPS) is 20.6. The zero-order valence-corrected chi connectivity index (χ0v) is 15.8. The number of aliphatic carboxylic acids is 1. The Morgan fingerprint density at radius 1 is 1.38 bits per heavy atom. The molecule has 29 heavy (non-hydrogen) atoms. The minimum atomic E-state index is -0.938. The molecule has 0 amide bonds. The van der Waals surface area contributed by atoms with Crippen LogP contribution in [0.1, 0.15) is 35.9 Å². The summed E-state index contributed by atoms with van der Waals surface area (Å²) in [6.07, 6.45) is 7.49. The van der Waals surface area contributed by atoms with Gasteiger partial charge < -0.3 is 15.2 Å². The summed E-state index contributed by atoms with van der Waals surface area (Å²) in [5.41, 5.74) is 1.60. The summed E-state index contributed by atoms with van der Waals surface area (Å²) in [7, 11) is 0. The highest BCUT2D eigenvalue weighted by Crippen LogP contribution is 2.42. The van der Waals surface area contributed by atoms with E-state index < -0.39 is 11.7 Å². The summed E-state index contributed by atoms with van der Waals surface area (Å²) in [4.78, 5) is 37.2. The summed E-state index contributed by atoms with van der Waals surface area (Å²) >= 11 is 1.27. The molecular weight excluding hydrogens is 396 g/mol. The highest BCUT2D eigenvalue weighted by molar-refractivity contribution is 8.04. The molecule has 0 radical (unpaired) electrons. The molecule has 5 rings (SSSR count). The minimum absolute atomic E-state index is 0.123. The summed E-state index contributed by atoms with van der Waals surface area (Å²) in [5, 5.41) is 23.9. The Hall–Kier alpha value is -3.34. The summed E-state index contributed by atoms with van der Waals surface area (Å²) in [5.74, 6) is -1.21. The average Bonchev–Trinajstić information content (AvgIpc) is 3.08. The third-order valence-electron chi connectivity index (χ3n) is 4.72. The van der Waals surface area contributed by atoms with Gasteiger partial charge >= 0.3 is 11.7 Å². The number of allylic oxidation sites excluding steroid dienone is 1. The van der Waals surface area contributed by atoms with Crippen molar-refractivity contribution in [1.82, 2.24) is 24.6 Å². The number of aromatic hydroxyl groups is 1. The average molecular weight is 412 g/mol. The second-order valence-electron chi connectivity index (χ2n) is 6.94. The number of carboxylic acids is 1. The third kappa shape index (κ3) is 3.33. The number of hydrogen-bond acceptors (Lipinski definition) is 7. The van der Waals surface area contributed by atoms with Crippen molar-refractivity contribution < 1.29 is 15.0 Å². The number of nitrogens with zero attached hydrogens (tertiary/aromatic N) is 4. The van der Waals surface area contributed by atoms with Crippen molar-refractivity contribution in [3.8, 4) is 5.88 Å². The number of imidazole rings is 1. The lowest BCUT2D eigenvalue weighted by atomic mass is 10.2. The number of fused-ring (bicyclic) bond motifs is 1. The Kier molecular flexibility index (Phi) is 4.05. The molecule has 1 atom stereocenters. The van der Waals surface area contributed by atoms with Crippen LogP contribution in [0.5, 0.6) is 5.88 Å². The molecule has 1 unspecified atom stereocenters. The van der Waals surface area contributed by atoms with E-state index in [1.807, 2.05) is 6.07 Å². The minimum Gasteiger partial charge on any atom is -0.493 e. The van der Waals surface area contributed by atoms with E-state index in [4.69, 9.17) is 9.98 Å². The number of thioether (sulfide) groups is 1. The van der Waals surface area contributed by atoms with Crippen LogP contribution in [0.3, 0.4) is 0 Å². The zero-order valence-electron chi connectivity index (χ0n) is 15.0. The molecule has 1 aliphatic carbocycles. The number of carboxylic acid groups (broad SMARTS) is 1. The Balaban J connectivity index is 1.67. The predicted molar refractivity (Wildman–Crippen MR) is 104 cm³/mol. The van der Waals surface area contributed by atoms with Crippen LogP contribution in [0.25, 0.3) is 11.7 Å². The van der Waals surface area contributed by atoms with Gasteiger partial charge in [-0.05, 0) is 25.3 Å². The Morgan fingerprint density at radius 2 is 2.21 bits per heavy atom. The lowest BCUT2D eigenvalue weighted by Gasteiger charge is -2.09. The molecule has 0 aromatic carbocycles. The molecule has 2 aliphatic rings. The second-order valence-corrected chi connectivity index (χ2v) is 8.18. The van der Waals surface area contributed by atoms with Crippen LogP contribution in [0.15, 0.2) is 33.0 Å². The standard InChI is InChI=1S/C18H16N6O4S/c25-16-11(22-18(28)23-16)5-8-7-19-24-14(20-9-1-2-9)6-10(21-15(8)24)12-3-4-13(29-12)17(26)27/h4-7,9,12,25H,1-3H2,(H,26,27)(H2,22,23,28). The smallest absolute Gasteiger partial charge is 0.341 e. The van der Waals surface area contributed by atoms with E-state index in [1.165, 1.54) is 11.8 Å². The lowest BCUT2D eigenvalue weighted by Crippen LogP contribution is -2.21. The number of nitrogens with one attached hydrogen (secondary N) is 2. The maximum atomic E-state index is 11.4. The van der Waals surface area contributed by atoms with E-state index in [0.29, 0.717) is 27.7 Å². The molecule has 148 valence electrons. The Bertz CT molecular complexity index is 1350. The molecule has 1 saturated carbocycles. The highest BCUT2D eigenvalue weighted by Gasteiger charge is 2.26. The first kappa shape index (κ1) is 17.7. The molecule has 1 fully saturated rings. The monoisotopic (exact) mass is 412 g/mol. The topological polar surface area (TPSA) is 149 Å². The fourth-order valence-electron chi connectivity index (χ4n) is 3.16. The van der Waals surface area contributed by atoms with Gasteiger partial charge in [0.1, 0.15) is 5.69 Å². The van der Waals surface area contributed by atoms with Crippen molar-refractivity contribution in [3.05, 3.63) is 55.8 Å². The van der Waals surface area contributed by atoms with Gasteiger partial charge in [-0.1, -0.05) is 6.08 Å². The molecule has 0 spiro atoms. The van der Waals surface area contributed by atoms with Crippen LogP contribution in [-0.4, -0.2) is 46.8 Å². The molecule has 4 heterocycles. The van der Waals surface area contributed by atoms with Crippen LogP contribution in [0.2, 0.25) is 0 Å². The van der Waals surface area contributed by atoms with Gasteiger partial charge in [0.15, 0.2) is 11.1 Å². The maximum absolute atomic E-state index is 11.4. The van der Waals surface area contributed by atoms with Gasteiger partial charge in [-0.3, -0.25) is 9.98 Å². The van der Waals surface area contributed by atoms with Gasteiger partial charge in [0.2, 0.25) is 5.88 Å². The fourth-order valence-corrected chi connectivity index (χ4v) is 4.20. The fraction of sp³-hybridized carbons (Fsp3) is 0.278. The third-order valence-corrected chi connectivity index (χ3v) is 6.04. The number of aromatic nitrogens is 5. The molecule has 3 aromatic rings. The Morgan fingerprint density at radius 3 is 2.86 bits per heavy atom.